The summed E-state index contributed by atoms with van der Waals surface area (Å²) in [5.74, 6) is -1.03. The molecule has 5 nitrogen and oxygen atoms in total. The molecule has 106 valence electrons. The molecule has 2 rings (SSSR count). The number of hydrogen-bond donors (Lipinski definition) is 0. The molecule has 0 amide bonds. The van der Waals surface area contributed by atoms with Gasteiger partial charge in [0.05, 0.1) is 29.9 Å². The van der Waals surface area contributed by atoms with Crippen LogP contribution in [0.5, 0.6) is 0 Å². The van der Waals surface area contributed by atoms with Crippen LogP contribution in [0, 0.1) is 6.92 Å². The standard InChI is InChI=1S/C15H17NO4/c1-4-19-14(17)11-9-16-7-6-10(3)8-12(16)13(11)15(18)20-5-2/h6-9H,4-5H2,1-3H3. The van der Waals surface area contributed by atoms with Gasteiger partial charge in [-0.1, -0.05) is 0 Å². The molecule has 2 heterocycles. The topological polar surface area (TPSA) is 57.0 Å². The lowest BCUT2D eigenvalue weighted by Gasteiger charge is -2.04. The number of carbonyl (C=O) groups excluding carboxylic acids is 2. The lowest BCUT2D eigenvalue weighted by Crippen LogP contribution is -2.12. The predicted molar refractivity (Wildman–Crippen MR) is 74.0 cm³/mol. The Morgan fingerprint density at radius 2 is 1.80 bits per heavy atom. The molecule has 0 atom stereocenters. The summed E-state index contributed by atoms with van der Waals surface area (Å²) in [6.07, 6.45) is 3.40. The molecule has 2 aromatic heterocycles. The van der Waals surface area contributed by atoms with Gasteiger partial charge in [-0.25, -0.2) is 9.59 Å². The highest BCUT2D eigenvalue weighted by Crippen LogP contribution is 2.22. The van der Waals surface area contributed by atoms with E-state index in [4.69, 9.17) is 9.47 Å². The summed E-state index contributed by atoms with van der Waals surface area (Å²) < 4.78 is 11.8. The van der Waals surface area contributed by atoms with Gasteiger partial charge in [-0.2, -0.15) is 0 Å². The first-order valence-corrected chi connectivity index (χ1v) is 6.54. The van der Waals surface area contributed by atoms with Gasteiger partial charge >= 0.3 is 11.9 Å². The highest BCUT2D eigenvalue weighted by atomic mass is 16.5. The molecule has 0 radical (unpaired) electrons. The monoisotopic (exact) mass is 275 g/mol. The molecule has 2 aromatic rings. The third-order valence-electron chi connectivity index (χ3n) is 2.91. The van der Waals surface area contributed by atoms with E-state index in [1.54, 1.807) is 30.6 Å². The average molecular weight is 275 g/mol. The highest BCUT2D eigenvalue weighted by molar-refractivity contribution is 6.08. The number of nitrogens with zero attached hydrogens (tertiary/aromatic N) is 1. The largest absolute Gasteiger partial charge is 0.462 e. The smallest absolute Gasteiger partial charge is 0.341 e. The number of hydrogen-bond acceptors (Lipinski definition) is 4. The van der Waals surface area contributed by atoms with Crippen LogP contribution >= 0.6 is 0 Å². The Kier molecular flexibility index (Phi) is 4.08. The number of aromatic nitrogens is 1. The zero-order valence-electron chi connectivity index (χ0n) is 11.8. The van der Waals surface area contributed by atoms with Gasteiger partial charge < -0.3 is 13.9 Å². The third-order valence-corrected chi connectivity index (χ3v) is 2.91. The first kappa shape index (κ1) is 14.1. The second kappa shape index (κ2) is 5.77. The summed E-state index contributed by atoms with van der Waals surface area (Å²) in [5.41, 5.74) is 2.13. The van der Waals surface area contributed by atoms with Crippen molar-refractivity contribution in [1.82, 2.24) is 4.40 Å². The van der Waals surface area contributed by atoms with Crippen LogP contribution in [0.1, 0.15) is 40.1 Å². The first-order chi connectivity index (χ1) is 9.58. The molecule has 0 spiro atoms. The lowest BCUT2D eigenvalue weighted by atomic mass is 10.1. The summed E-state index contributed by atoms with van der Waals surface area (Å²) in [6, 6.07) is 3.74. The van der Waals surface area contributed by atoms with Crippen LogP contribution in [0.4, 0.5) is 0 Å². The minimum Gasteiger partial charge on any atom is -0.462 e. The zero-order chi connectivity index (χ0) is 14.7. The van der Waals surface area contributed by atoms with Crippen LogP contribution < -0.4 is 0 Å². The van der Waals surface area contributed by atoms with Crippen molar-refractivity contribution >= 4 is 17.5 Å². The maximum atomic E-state index is 12.1. The van der Waals surface area contributed by atoms with Crippen LogP contribution in [0.2, 0.25) is 0 Å². The fraction of sp³-hybridized carbons (Fsp3) is 0.333. The summed E-state index contributed by atoms with van der Waals surface area (Å²) in [4.78, 5) is 24.1. The Hall–Kier alpha value is -2.30. The van der Waals surface area contributed by atoms with Gasteiger partial charge in [0.15, 0.2) is 0 Å². The molecule has 0 fully saturated rings. The lowest BCUT2D eigenvalue weighted by molar-refractivity contribution is 0.0482. The Balaban J connectivity index is 2.63. The van der Waals surface area contributed by atoms with Crippen molar-refractivity contribution in [1.29, 1.82) is 0 Å². The SMILES string of the molecule is CCOC(=O)c1cn2ccc(C)cc2c1C(=O)OCC. The van der Waals surface area contributed by atoms with E-state index in [0.717, 1.165) is 5.56 Å². The number of aryl methyl sites for hydroxylation is 1. The van der Waals surface area contributed by atoms with E-state index in [2.05, 4.69) is 0 Å². The number of carbonyl (C=O) groups is 2. The molecule has 0 saturated heterocycles. The Bertz CT molecular complexity index is 657. The van der Waals surface area contributed by atoms with Crippen LogP contribution in [0.15, 0.2) is 24.5 Å². The van der Waals surface area contributed by atoms with E-state index in [1.807, 2.05) is 19.1 Å². The van der Waals surface area contributed by atoms with Crippen molar-refractivity contribution in [3.63, 3.8) is 0 Å². The normalized spacial score (nSPS) is 10.6. The molecule has 0 N–H and O–H groups in total. The zero-order valence-corrected chi connectivity index (χ0v) is 11.8. The number of esters is 2. The van der Waals surface area contributed by atoms with Gasteiger partial charge in [0.2, 0.25) is 0 Å². The van der Waals surface area contributed by atoms with Crippen molar-refractivity contribution in [2.24, 2.45) is 0 Å². The number of ether oxygens (including phenoxy) is 2. The molecule has 0 aromatic carbocycles. The van der Waals surface area contributed by atoms with Crippen molar-refractivity contribution < 1.29 is 19.1 Å². The van der Waals surface area contributed by atoms with Gasteiger partial charge in [0, 0.05) is 12.4 Å². The first-order valence-electron chi connectivity index (χ1n) is 6.54. The Morgan fingerprint density at radius 1 is 1.15 bits per heavy atom. The summed E-state index contributed by atoms with van der Waals surface area (Å²) in [6.45, 7) is 5.88. The predicted octanol–water partition coefficient (Wildman–Crippen LogP) is 2.60. The number of pyridine rings is 1. The Labute approximate surface area is 117 Å². The van der Waals surface area contributed by atoms with Crippen molar-refractivity contribution in [2.45, 2.75) is 20.8 Å². The van der Waals surface area contributed by atoms with Crippen LogP contribution in [0.25, 0.3) is 5.52 Å². The molecule has 0 unspecified atom stereocenters. The summed E-state index contributed by atoms with van der Waals surface area (Å²) in [5, 5.41) is 0. The van der Waals surface area contributed by atoms with Crippen molar-refractivity contribution in [2.75, 3.05) is 13.2 Å². The maximum Gasteiger partial charge on any atom is 0.341 e. The van der Waals surface area contributed by atoms with Crippen molar-refractivity contribution in [3.05, 3.63) is 41.2 Å². The van der Waals surface area contributed by atoms with Crippen LogP contribution in [0.3, 0.4) is 0 Å². The van der Waals surface area contributed by atoms with Gasteiger partial charge in [-0.05, 0) is 38.5 Å². The average Bonchev–Trinajstić information content (AvgIpc) is 2.77. The molecule has 0 aliphatic rings. The molecule has 0 aliphatic heterocycles. The van der Waals surface area contributed by atoms with Crippen LogP contribution in [-0.4, -0.2) is 29.6 Å². The molecule has 20 heavy (non-hydrogen) atoms. The fourth-order valence-corrected chi connectivity index (χ4v) is 2.05. The highest BCUT2D eigenvalue weighted by Gasteiger charge is 2.24. The van der Waals surface area contributed by atoms with Gasteiger partial charge in [-0.15, -0.1) is 0 Å². The second-order valence-electron chi connectivity index (χ2n) is 4.36. The number of rotatable bonds is 4. The van der Waals surface area contributed by atoms with Gasteiger partial charge in [0.25, 0.3) is 0 Å². The fourth-order valence-electron chi connectivity index (χ4n) is 2.05. The maximum absolute atomic E-state index is 12.1. The minimum atomic E-state index is -0.517. The van der Waals surface area contributed by atoms with E-state index >= 15 is 0 Å². The molecule has 5 heteroatoms. The second-order valence-corrected chi connectivity index (χ2v) is 4.36. The molecule has 0 saturated carbocycles. The van der Waals surface area contributed by atoms with E-state index in [0.29, 0.717) is 5.52 Å². The molecular formula is C15H17NO4. The quantitative estimate of drug-likeness (QED) is 0.805. The van der Waals surface area contributed by atoms with Crippen LogP contribution in [-0.2, 0) is 9.47 Å². The summed E-state index contributed by atoms with van der Waals surface area (Å²) >= 11 is 0. The molecule has 0 bridgehead atoms. The van der Waals surface area contributed by atoms with E-state index in [-0.39, 0.29) is 24.3 Å². The van der Waals surface area contributed by atoms with E-state index < -0.39 is 11.9 Å². The molecule has 0 aliphatic carbocycles. The minimum absolute atomic E-state index is 0.232. The summed E-state index contributed by atoms with van der Waals surface area (Å²) in [7, 11) is 0. The number of fused-ring (bicyclic) bond motifs is 1. The van der Waals surface area contributed by atoms with Gasteiger partial charge in [0.1, 0.15) is 0 Å². The van der Waals surface area contributed by atoms with E-state index in [1.165, 1.54) is 0 Å². The van der Waals surface area contributed by atoms with Crippen molar-refractivity contribution in [3.8, 4) is 0 Å². The molecular weight excluding hydrogens is 258 g/mol. The third kappa shape index (κ3) is 2.52. The Morgan fingerprint density at radius 3 is 2.45 bits per heavy atom. The van der Waals surface area contributed by atoms with Gasteiger partial charge in [-0.3, -0.25) is 0 Å². The van der Waals surface area contributed by atoms with E-state index in [9.17, 15) is 9.59 Å².